The number of benzene rings is 2. The number of hydrogen-bond acceptors (Lipinski definition) is 5. The van der Waals surface area contributed by atoms with E-state index in [0.29, 0.717) is 23.7 Å². The van der Waals surface area contributed by atoms with Crippen molar-refractivity contribution in [1.29, 1.82) is 0 Å². The molecule has 2 aromatic carbocycles. The number of para-hydroxylation sites is 1. The lowest BCUT2D eigenvalue weighted by atomic mass is 9.93. The zero-order chi connectivity index (χ0) is 21.9. The average molecular weight is 408 g/mol. The quantitative estimate of drug-likeness (QED) is 0.462. The maximum Gasteiger partial charge on any atom is 0.308 e. The maximum absolute atomic E-state index is 13.0. The molecule has 0 fully saturated rings. The number of rotatable bonds is 5. The minimum atomic E-state index is -0.700. The Morgan fingerprint density at radius 2 is 2.00 bits per heavy atom. The Labute approximate surface area is 175 Å². The number of carbonyl (C=O) groups is 3. The lowest BCUT2D eigenvalue weighted by Gasteiger charge is -2.27. The van der Waals surface area contributed by atoms with Crippen LogP contribution in [0.3, 0.4) is 0 Å². The molecule has 7 heteroatoms. The van der Waals surface area contributed by atoms with E-state index in [-0.39, 0.29) is 23.8 Å². The van der Waals surface area contributed by atoms with Gasteiger partial charge in [0, 0.05) is 19.2 Å². The summed E-state index contributed by atoms with van der Waals surface area (Å²) in [5.41, 5.74) is 0.547. The van der Waals surface area contributed by atoms with E-state index >= 15 is 0 Å². The number of nitrogens with one attached hydrogen (secondary N) is 1. The van der Waals surface area contributed by atoms with Crippen LogP contribution in [0.2, 0.25) is 0 Å². The molecule has 1 aliphatic heterocycles. The Hall–Kier alpha value is -3.61. The van der Waals surface area contributed by atoms with Gasteiger partial charge in [0.25, 0.3) is 5.91 Å². The van der Waals surface area contributed by atoms with Crippen LogP contribution in [-0.2, 0) is 9.59 Å². The Kier molecular flexibility index (Phi) is 5.91. The molecule has 1 aliphatic rings. The number of fused-ring (bicyclic) bond motifs is 1. The first-order valence-corrected chi connectivity index (χ1v) is 9.51. The summed E-state index contributed by atoms with van der Waals surface area (Å²) < 4.78 is 11.0. The van der Waals surface area contributed by atoms with Crippen LogP contribution in [0.1, 0.15) is 31.1 Å². The molecule has 0 atom stereocenters. The summed E-state index contributed by atoms with van der Waals surface area (Å²) in [6.45, 7) is 9.22. The van der Waals surface area contributed by atoms with Gasteiger partial charge in [0.1, 0.15) is 18.1 Å². The van der Waals surface area contributed by atoms with Gasteiger partial charge in [-0.2, -0.15) is 0 Å². The molecule has 0 aromatic heterocycles. The van der Waals surface area contributed by atoms with Crippen LogP contribution in [0.4, 0.5) is 11.4 Å². The zero-order valence-corrected chi connectivity index (χ0v) is 17.2. The van der Waals surface area contributed by atoms with Crippen molar-refractivity contribution in [3.63, 3.8) is 0 Å². The van der Waals surface area contributed by atoms with Gasteiger partial charge in [-0.05, 0) is 44.2 Å². The fraction of sp³-hybridized carbons (Fsp3) is 0.261. The van der Waals surface area contributed by atoms with Gasteiger partial charge in [-0.3, -0.25) is 14.4 Å². The van der Waals surface area contributed by atoms with Gasteiger partial charge in [-0.1, -0.05) is 18.2 Å². The molecule has 1 N–H and O–H groups in total. The third-order valence-electron chi connectivity index (χ3n) is 4.62. The fourth-order valence-corrected chi connectivity index (χ4v) is 3.13. The SMILES string of the molecule is C=CCN1C(=O)C(C)(C)COc2ccc(NC(=O)c3ccccc3OC(C)=O)cc21. The maximum atomic E-state index is 13.0. The van der Waals surface area contributed by atoms with E-state index in [0.717, 1.165) is 0 Å². The van der Waals surface area contributed by atoms with Crippen molar-refractivity contribution in [2.45, 2.75) is 20.8 Å². The van der Waals surface area contributed by atoms with E-state index < -0.39 is 17.3 Å². The summed E-state index contributed by atoms with van der Waals surface area (Å²) in [5.74, 6) is -0.327. The van der Waals surface area contributed by atoms with Crippen LogP contribution in [0, 0.1) is 5.41 Å². The molecule has 2 aromatic rings. The highest BCUT2D eigenvalue weighted by Gasteiger charge is 2.37. The second-order valence-corrected chi connectivity index (χ2v) is 7.60. The van der Waals surface area contributed by atoms with Crippen molar-refractivity contribution in [1.82, 2.24) is 0 Å². The molecular formula is C23H24N2O5. The minimum absolute atomic E-state index is 0.0927. The third-order valence-corrected chi connectivity index (χ3v) is 4.62. The molecular weight excluding hydrogens is 384 g/mol. The summed E-state index contributed by atoms with van der Waals surface area (Å²) >= 11 is 0. The summed E-state index contributed by atoms with van der Waals surface area (Å²) in [6.07, 6.45) is 1.64. The van der Waals surface area contributed by atoms with E-state index in [1.54, 1.807) is 53.4 Å². The number of carbonyl (C=O) groups excluding carboxylic acids is 3. The zero-order valence-electron chi connectivity index (χ0n) is 17.2. The molecule has 0 radical (unpaired) electrons. The lowest BCUT2D eigenvalue weighted by Crippen LogP contribution is -2.42. The van der Waals surface area contributed by atoms with Gasteiger partial charge in [0.15, 0.2) is 0 Å². The smallest absolute Gasteiger partial charge is 0.308 e. The average Bonchev–Trinajstić information content (AvgIpc) is 2.78. The summed E-state index contributed by atoms with van der Waals surface area (Å²) in [5, 5.41) is 2.79. The van der Waals surface area contributed by atoms with Crippen LogP contribution in [-0.4, -0.2) is 30.9 Å². The van der Waals surface area contributed by atoms with Crippen molar-refractivity contribution < 1.29 is 23.9 Å². The molecule has 0 bridgehead atoms. The topological polar surface area (TPSA) is 84.9 Å². The second-order valence-electron chi connectivity index (χ2n) is 7.60. The van der Waals surface area contributed by atoms with Gasteiger partial charge >= 0.3 is 5.97 Å². The Bertz CT molecular complexity index is 1010. The monoisotopic (exact) mass is 408 g/mol. The molecule has 2 amide bonds. The Balaban J connectivity index is 1.93. The van der Waals surface area contributed by atoms with Crippen LogP contribution >= 0.6 is 0 Å². The van der Waals surface area contributed by atoms with Gasteiger partial charge in [-0.15, -0.1) is 6.58 Å². The fourth-order valence-electron chi connectivity index (χ4n) is 3.13. The number of esters is 1. The van der Waals surface area contributed by atoms with Crippen LogP contribution in [0.25, 0.3) is 0 Å². The molecule has 156 valence electrons. The lowest BCUT2D eigenvalue weighted by molar-refractivity contribution is -0.132. The molecule has 0 saturated carbocycles. The number of ether oxygens (including phenoxy) is 2. The van der Waals surface area contributed by atoms with Gasteiger partial charge < -0.3 is 19.7 Å². The standard InChI is InChI=1S/C23H24N2O5/c1-5-12-25-18-13-16(10-11-20(18)29-14-23(3,4)22(25)28)24-21(27)17-8-6-7-9-19(17)30-15(2)26/h5-11,13H,1,12,14H2,2-4H3,(H,24,27). The summed E-state index contributed by atoms with van der Waals surface area (Å²) in [6, 6.07) is 11.6. The molecule has 7 nitrogen and oxygen atoms in total. The van der Waals surface area contributed by atoms with E-state index in [4.69, 9.17) is 9.47 Å². The predicted octanol–water partition coefficient (Wildman–Crippen LogP) is 3.80. The van der Waals surface area contributed by atoms with E-state index in [2.05, 4.69) is 11.9 Å². The van der Waals surface area contributed by atoms with Crippen LogP contribution in [0.5, 0.6) is 11.5 Å². The van der Waals surface area contributed by atoms with Crippen molar-refractivity contribution in [2.24, 2.45) is 5.41 Å². The number of anilines is 2. The molecule has 0 aliphatic carbocycles. The molecule has 0 spiro atoms. The van der Waals surface area contributed by atoms with E-state index in [1.807, 2.05) is 13.8 Å². The van der Waals surface area contributed by atoms with Gasteiger partial charge in [0.05, 0.1) is 16.7 Å². The number of hydrogen-bond donors (Lipinski definition) is 1. The molecule has 30 heavy (non-hydrogen) atoms. The van der Waals surface area contributed by atoms with Crippen LogP contribution < -0.4 is 19.7 Å². The molecule has 1 heterocycles. The van der Waals surface area contributed by atoms with Gasteiger partial charge in [0.2, 0.25) is 5.91 Å². The van der Waals surface area contributed by atoms with Crippen molar-refractivity contribution in [3.8, 4) is 11.5 Å². The van der Waals surface area contributed by atoms with E-state index in [9.17, 15) is 14.4 Å². The molecule has 0 unspecified atom stereocenters. The highest BCUT2D eigenvalue weighted by Crippen LogP contribution is 2.38. The second kappa shape index (κ2) is 8.41. The van der Waals surface area contributed by atoms with Crippen molar-refractivity contribution in [2.75, 3.05) is 23.4 Å². The highest BCUT2D eigenvalue weighted by molar-refractivity contribution is 6.07. The Morgan fingerprint density at radius 1 is 1.27 bits per heavy atom. The molecule has 0 saturated heterocycles. The third kappa shape index (κ3) is 4.35. The first-order chi connectivity index (χ1) is 14.2. The molecule has 3 rings (SSSR count). The first kappa shape index (κ1) is 21.1. The van der Waals surface area contributed by atoms with Gasteiger partial charge in [-0.25, -0.2) is 0 Å². The first-order valence-electron chi connectivity index (χ1n) is 9.51. The number of nitrogens with zero attached hydrogens (tertiary/aromatic N) is 1. The largest absolute Gasteiger partial charge is 0.490 e. The highest BCUT2D eigenvalue weighted by atomic mass is 16.5. The van der Waals surface area contributed by atoms with Crippen molar-refractivity contribution in [3.05, 3.63) is 60.7 Å². The minimum Gasteiger partial charge on any atom is -0.490 e. The van der Waals surface area contributed by atoms with E-state index in [1.165, 1.54) is 6.92 Å². The Morgan fingerprint density at radius 3 is 2.70 bits per heavy atom. The summed E-state index contributed by atoms with van der Waals surface area (Å²) in [4.78, 5) is 38.7. The number of amides is 2. The summed E-state index contributed by atoms with van der Waals surface area (Å²) in [7, 11) is 0. The predicted molar refractivity (Wildman–Crippen MR) is 114 cm³/mol. The van der Waals surface area contributed by atoms with Crippen molar-refractivity contribution >= 4 is 29.2 Å². The normalized spacial score (nSPS) is 14.8. The van der Waals surface area contributed by atoms with Crippen LogP contribution in [0.15, 0.2) is 55.1 Å².